The molecule has 1 aromatic rings. The molecule has 5 heteroatoms. The van der Waals surface area contributed by atoms with E-state index in [1.54, 1.807) is 23.9 Å². The quantitative estimate of drug-likeness (QED) is 0.806. The number of nitrogens with two attached hydrogens (primary N) is 1. The highest BCUT2D eigenvalue weighted by atomic mass is 32.2. The van der Waals surface area contributed by atoms with E-state index in [1.807, 2.05) is 6.26 Å². The summed E-state index contributed by atoms with van der Waals surface area (Å²) in [5.74, 6) is 0.255. The summed E-state index contributed by atoms with van der Waals surface area (Å²) in [5, 5.41) is 3.24. The van der Waals surface area contributed by atoms with Crippen molar-refractivity contribution in [1.29, 1.82) is 0 Å². The molecule has 1 aromatic heterocycles. The molecule has 1 atom stereocenters. The van der Waals surface area contributed by atoms with Crippen LogP contribution in [0, 0.1) is 0 Å². The van der Waals surface area contributed by atoms with Crippen molar-refractivity contribution in [3.63, 3.8) is 0 Å². The van der Waals surface area contributed by atoms with E-state index in [0.29, 0.717) is 23.2 Å². The fourth-order valence-corrected chi connectivity index (χ4v) is 1.26. The molecule has 1 unspecified atom stereocenters. The molecule has 0 saturated carbocycles. The molecule has 0 spiro atoms. The average molecular weight is 225 g/mol. The number of nitrogen functional groups attached to an aromatic ring is 1. The Kier molecular flexibility index (Phi) is 4.42. The minimum Gasteiger partial charge on any atom is -0.384 e. The fourth-order valence-electron chi connectivity index (χ4n) is 1.01. The third kappa shape index (κ3) is 3.79. The van der Waals surface area contributed by atoms with Gasteiger partial charge in [0.1, 0.15) is 5.82 Å². The van der Waals surface area contributed by atoms with Gasteiger partial charge in [-0.05, 0) is 18.4 Å². The van der Waals surface area contributed by atoms with Crippen LogP contribution in [0.15, 0.2) is 18.3 Å². The van der Waals surface area contributed by atoms with E-state index in [0.717, 1.165) is 0 Å². The molecule has 3 N–H and O–H groups in total. The summed E-state index contributed by atoms with van der Waals surface area (Å²) in [6.45, 7) is 2.72. The van der Waals surface area contributed by atoms with E-state index in [9.17, 15) is 4.79 Å². The molecule has 0 bridgehead atoms. The molecule has 0 saturated heterocycles. The lowest BCUT2D eigenvalue weighted by Crippen LogP contribution is -2.29. The normalized spacial score (nSPS) is 12.1. The standard InChI is InChI=1S/C10H15N3OS/c1-7(15-2)6-13-10(14)8-3-4-12-9(11)5-8/h3-5,7H,6H2,1-2H3,(H2,11,12)(H,13,14). The largest absolute Gasteiger partial charge is 0.384 e. The maximum atomic E-state index is 11.6. The minimum atomic E-state index is -0.106. The Morgan fingerprint density at radius 1 is 1.73 bits per heavy atom. The number of pyridine rings is 1. The number of thioether (sulfide) groups is 1. The zero-order valence-corrected chi connectivity index (χ0v) is 9.67. The molecule has 1 rings (SSSR count). The van der Waals surface area contributed by atoms with Crippen LogP contribution in [-0.2, 0) is 0 Å². The van der Waals surface area contributed by atoms with Gasteiger partial charge >= 0.3 is 0 Å². The summed E-state index contributed by atoms with van der Waals surface area (Å²) in [5.41, 5.74) is 6.03. The smallest absolute Gasteiger partial charge is 0.251 e. The van der Waals surface area contributed by atoms with Gasteiger partial charge in [-0.25, -0.2) is 4.98 Å². The topological polar surface area (TPSA) is 68.0 Å². The van der Waals surface area contributed by atoms with E-state index >= 15 is 0 Å². The maximum Gasteiger partial charge on any atom is 0.251 e. The van der Waals surface area contributed by atoms with Gasteiger partial charge in [0.05, 0.1) is 0 Å². The number of anilines is 1. The van der Waals surface area contributed by atoms with Crippen LogP contribution in [0.1, 0.15) is 17.3 Å². The summed E-state index contributed by atoms with van der Waals surface area (Å²) < 4.78 is 0. The van der Waals surface area contributed by atoms with E-state index in [4.69, 9.17) is 5.73 Å². The van der Waals surface area contributed by atoms with Crippen molar-refractivity contribution in [1.82, 2.24) is 10.3 Å². The molecule has 82 valence electrons. The highest BCUT2D eigenvalue weighted by Gasteiger charge is 2.07. The van der Waals surface area contributed by atoms with Gasteiger partial charge in [0, 0.05) is 23.6 Å². The summed E-state index contributed by atoms with van der Waals surface area (Å²) in [6.07, 6.45) is 3.55. The summed E-state index contributed by atoms with van der Waals surface area (Å²) in [7, 11) is 0. The number of aromatic nitrogens is 1. The third-order valence-electron chi connectivity index (χ3n) is 2.00. The third-order valence-corrected chi connectivity index (χ3v) is 2.97. The number of rotatable bonds is 4. The first kappa shape index (κ1) is 11.8. The number of nitrogens with zero attached hydrogens (tertiary/aromatic N) is 1. The molecule has 1 amide bonds. The summed E-state index contributed by atoms with van der Waals surface area (Å²) >= 11 is 1.71. The van der Waals surface area contributed by atoms with Crippen LogP contribution in [0.3, 0.4) is 0 Å². The lowest BCUT2D eigenvalue weighted by molar-refractivity contribution is 0.0954. The van der Waals surface area contributed by atoms with Crippen molar-refractivity contribution in [2.75, 3.05) is 18.5 Å². The first-order chi connectivity index (χ1) is 7.13. The Hall–Kier alpha value is -1.23. The molecule has 0 radical (unpaired) electrons. The van der Waals surface area contributed by atoms with Crippen LogP contribution in [0.5, 0.6) is 0 Å². The van der Waals surface area contributed by atoms with Crippen LogP contribution in [0.25, 0.3) is 0 Å². The van der Waals surface area contributed by atoms with Crippen molar-refractivity contribution in [2.24, 2.45) is 0 Å². The first-order valence-electron chi connectivity index (χ1n) is 4.66. The minimum absolute atomic E-state index is 0.106. The van der Waals surface area contributed by atoms with Crippen molar-refractivity contribution in [3.05, 3.63) is 23.9 Å². The Morgan fingerprint density at radius 3 is 3.07 bits per heavy atom. The van der Waals surface area contributed by atoms with Crippen LogP contribution < -0.4 is 11.1 Å². The second kappa shape index (κ2) is 5.60. The highest BCUT2D eigenvalue weighted by molar-refractivity contribution is 7.99. The molecule has 1 heterocycles. The number of hydrogen-bond donors (Lipinski definition) is 2. The van der Waals surface area contributed by atoms with Crippen molar-refractivity contribution in [2.45, 2.75) is 12.2 Å². The lowest BCUT2D eigenvalue weighted by Gasteiger charge is -2.09. The zero-order valence-electron chi connectivity index (χ0n) is 8.86. The molecule has 0 aliphatic carbocycles. The number of carbonyl (C=O) groups is 1. The SMILES string of the molecule is CSC(C)CNC(=O)c1ccnc(N)c1. The van der Waals surface area contributed by atoms with E-state index in [2.05, 4.69) is 17.2 Å². The molecule has 4 nitrogen and oxygen atoms in total. The summed E-state index contributed by atoms with van der Waals surface area (Å²) in [6, 6.07) is 3.22. The number of amides is 1. The Bertz CT molecular complexity index is 343. The van der Waals surface area contributed by atoms with Gasteiger partial charge in [0.15, 0.2) is 0 Å². The van der Waals surface area contributed by atoms with Crippen LogP contribution >= 0.6 is 11.8 Å². The van der Waals surface area contributed by atoms with Gasteiger partial charge in [-0.2, -0.15) is 11.8 Å². The Labute approximate surface area is 93.7 Å². The van der Waals surface area contributed by atoms with E-state index < -0.39 is 0 Å². The maximum absolute atomic E-state index is 11.6. The van der Waals surface area contributed by atoms with Crippen molar-refractivity contribution < 1.29 is 4.79 Å². The molecule has 15 heavy (non-hydrogen) atoms. The highest BCUT2D eigenvalue weighted by Crippen LogP contribution is 2.05. The monoisotopic (exact) mass is 225 g/mol. The second-order valence-electron chi connectivity index (χ2n) is 3.23. The second-order valence-corrected chi connectivity index (χ2v) is 4.50. The van der Waals surface area contributed by atoms with Gasteiger partial charge in [-0.15, -0.1) is 0 Å². The summed E-state index contributed by atoms with van der Waals surface area (Å²) in [4.78, 5) is 15.4. The predicted octanol–water partition coefficient (Wildman–Crippen LogP) is 1.15. The fraction of sp³-hybridized carbons (Fsp3) is 0.400. The average Bonchev–Trinajstić information content (AvgIpc) is 2.25. The number of carbonyl (C=O) groups excluding carboxylic acids is 1. The van der Waals surface area contributed by atoms with Gasteiger partial charge < -0.3 is 11.1 Å². The van der Waals surface area contributed by atoms with Gasteiger partial charge in [-0.3, -0.25) is 4.79 Å². The van der Waals surface area contributed by atoms with E-state index in [-0.39, 0.29) is 5.91 Å². The predicted molar refractivity (Wildman–Crippen MR) is 64.0 cm³/mol. The molecule has 0 aliphatic heterocycles. The molecular weight excluding hydrogens is 210 g/mol. The van der Waals surface area contributed by atoms with Crippen molar-refractivity contribution >= 4 is 23.5 Å². The first-order valence-corrected chi connectivity index (χ1v) is 5.94. The molecular formula is C10H15N3OS. The zero-order chi connectivity index (χ0) is 11.3. The van der Waals surface area contributed by atoms with Crippen LogP contribution in [0.2, 0.25) is 0 Å². The lowest BCUT2D eigenvalue weighted by atomic mass is 10.2. The number of nitrogens with one attached hydrogen (secondary N) is 1. The van der Waals surface area contributed by atoms with Crippen molar-refractivity contribution in [3.8, 4) is 0 Å². The van der Waals surface area contributed by atoms with Gasteiger partial charge in [0.2, 0.25) is 0 Å². The Balaban J connectivity index is 2.54. The molecule has 0 aromatic carbocycles. The van der Waals surface area contributed by atoms with Crippen LogP contribution in [-0.4, -0.2) is 28.9 Å². The van der Waals surface area contributed by atoms with Gasteiger partial charge in [0.25, 0.3) is 5.91 Å². The van der Waals surface area contributed by atoms with Gasteiger partial charge in [-0.1, -0.05) is 6.92 Å². The van der Waals surface area contributed by atoms with Crippen LogP contribution in [0.4, 0.5) is 5.82 Å². The van der Waals surface area contributed by atoms with E-state index in [1.165, 1.54) is 6.20 Å². The molecule has 0 aliphatic rings. The molecule has 0 fully saturated rings. The number of hydrogen-bond acceptors (Lipinski definition) is 4. The Morgan fingerprint density at radius 2 is 2.47 bits per heavy atom.